The van der Waals surface area contributed by atoms with E-state index in [2.05, 4.69) is 20.8 Å². The SMILES string of the molecule is O=C(Nc1cccc(OCc2cccc(F)c2)c1)c1ccccc1-n1cnnn1. The number of hydrogen-bond acceptors (Lipinski definition) is 5. The zero-order valence-corrected chi connectivity index (χ0v) is 15.2. The van der Waals surface area contributed by atoms with Gasteiger partial charge < -0.3 is 10.1 Å². The lowest BCUT2D eigenvalue weighted by molar-refractivity contribution is 0.102. The molecule has 0 spiro atoms. The molecule has 4 aromatic rings. The Labute approximate surface area is 165 Å². The van der Waals surface area contributed by atoms with Gasteiger partial charge in [0.25, 0.3) is 5.91 Å². The molecule has 1 aromatic heterocycles. The predicted molar refractivity (Wildman–Crippen MR) is 104 cm³/mol. The van der Waals surface area contributed by atoms with E-state index >= 15 is 0 Å². The number of halogens is 1. The highest BCUT2D eigenvalue weighted by Gasteiger charge is 2.13. The average Bonchev–Trinajstić information content (AvgIpc) is 3.27. The number of hydrogen-bond donors (Lipinski definition) is 1. The lowest BCUT2D eigenvalue weighted by Gasteiger charge is -2.11. The van der Waals surface area contributed by atoms with E-state index in [-0.39, 0.29) is 18.3 Å². The molecular weight excluding hydrogens is 373 g/mol. The number of aromatic nitrogens is 4. The minimum absolute atomic E-state index is 0.220. The van der Waals surface area contributed by atoms with Gasteiger partial charge in [0.05, 0.1) is 11.3 Å². The number of tetrazole rings is 1. The van der Waals surface area contributed by atoms with Crippen molar-refractivity contribution >= 4 is 11.6 Å². The third-order valence-corrected chi connectivity index (χ3v) is 4.13. The van der Waals surface area contributed by atoms with Crippen molar-refractivity contribution < 1.29 is 13.9 Å². The predicted octanol–water partition coefficient (Wildman–Crippen LogP) is 3.63. The van der Waals surface area contributed by atoms with Crippen LogP contribution in [0.5, 0.6) is 5.75 Å². The molecule has 0 saturated heterocycles. The highest BCUT2D eigenvalue weighted by atomic mass is 19.1. The van der Waals surface area contributed by atoms with Gasteiger partial charge in [0.1, 0.15) is 24.5 Å². The summed E-state index contributed by atoms with van der Waals surface area (Å²) in [4.78, 5) is 12.8. The fourth-order valence-electron chi connectivity index (χ4n) is 2.79. The molecule has 29 heavy (non-hydrogen) atoms. The van der Waals surface area contributed by atoms with Crippen LogP contribution in [0.1, 0.15) is 15.9 Å². The first-order valence-electron chi connectivity index (χ1n) is 8.80. The zero-order valence-electron chi connectivity index (χ0n) is 15.2. The number of para-hydroxylation sites is 1. The van der Waals surface area contributed by atoms with Gasteiger partial charge in [0.2, 0.25) is 0 Å². The zero-order chi connectivity index (χ0) is 20.1. The lowest BCUT2D eigenvalue weighted by Crippen LogP contribution is -2.15. The maximum absolute atomic E-state index is 13.3. The van der Waals surface area contributed by atoms with Crippen molar-refractivity contribution in [1.82, 2.24) is 20.2 Å². The number of amides is 1. The third kappa shape index (κ3) is 4.44. The van der Waals surface area contributed by atoms with Crippen molar-refractivity contribution in [3.8, 4) is 11.4 Å². The fraction of sp³-hybridized carbons (Fsp3) is 0.0476. The molecule has 1 amide bonds. The van der Waals surface area contributed by atoms with Crippen molar-refractivity contribution in [2.75, 3.05) is 5.32 Å². The van der Waals surface area contributed by atoms with E-state index in [9.17, 15) is 9.18 Å². The lowest BCUT2D eigenvalue weighted by atomic mass is 10.1. The van der Waals surface area contributed by atoms with Crippen LogP contribution >= 0.6 is 0 Å². The number of carbonyl (C=O) groups is 1. The van der Waals surface area contributed by atoms with E-state index in [1.807, 2.05) is 0 Å². The summed E-state index contributed by atoms with van der Waals surface area (Å²) in [6.07, 6.45) is 1.42. The van der Waals surface area contributed by atoms with Crippen LogP contribution in [-0.4, -0.2) is 26.1 Å². The summed E-state index contributed by atoms with van der Waals surface area (Å²) in [5, 5.41) is 13.9. The van der Waals surface area contributed by atoms with Crippen LogP contribution in [0.15, 0.2) is 79.1 Å². The molecule has 0 fully saturated rings. The first-order chi connectivity index (χ1) is 14.2. The Morgan fingerprint density at radius 1 is 1.03 bits per heavy atom. The summed E-state index contributed by atoms with van der Waals surface area (Å²) in [5.41, 5.74) is 2.27. The van der Waals surface area contributed by atoms with Crippen LogP contribution in [-0.2, 0) is 6.61 Å². The minimum atomic E-state index is -0.312. The summed E-state index contributed by atoms with van der Waals surface area (Å²) < 4.78 is 20.4. The maximum Gasteiger partial charge on any atom is 0.257 e. The second kappa shape index (κ2) is 8.30. The first kappa shape index (κ1) is 18.3. The Morgan fingerprint density at radius 3 is 2.72 bits per heavy atom. The molecule has 0 atom stereocenters. The van der Waals surface area contributed by atoms with Crippen molar-refractivity contribution in [1.29, 1.82) is 0 Å². The largest absolute Gasteiger partial charge is 0.489 e. The van der Waals surface area contributed by atoms with Crippen LogP contribution in [0.25, 0.3) is 5.69 Å². The highest BCUT2D eigenvalue weighted by Crippen LogP contribution is 2.21. The second-order valence-electron chi connectivity index (χ2n) is 6.17. The molecule has 1 N–H and O–H groups in total. The van der Waals surface area contributed by atoms with Crippen molar-refractivity contribution in [2.24, 2.45) is 0 Å². The van der Waals surface area contributed by atoms with Gasteiger partial charge in [-0.05, 0) is 52.4 Å². The van der Waals surface area contributed by atoms with E-state index in [0.29, 0.717) is 22.7 Å². The topological polar surface area (TPSA) is 81.9 Å². The van der Waals surface area contributed by atoms with Crippen molar-refractivity contribution in [2.45, 2.75) is 6.61 Å². The van der Waals surface area contributed by atoms with Gasteiger partial charge in [-0.2, -0.15) is 4.68 Å². The summed E-state index contributed by atoms with van der Waals surface area (Å²) in [6.45, 7) is 0.220. The van der Waals surface area contributed by atoms with Crippen molar-refractivity contribution in [3.05, 3.63) is 96.1 Å². The van der Waals surface area contributed by atoms with Gasteiger partial charge in [0.15, 0.2) is 0 Å². The number of ether oxygens (including phenoxy) is 1. The average molecular weight is 389 g/mol. The van der Waals surface area contributed by atoms with E-state index in [1.54, 1.807) is 60.7 Å². The van der Waals surface area contributed by atoms with Gasteiger partial charge in [-0.1, -0.05) is 30.3 Å². The van der Waals surface area contributed by atoms with Crippen LogP contribution < -0.4 is 10.1 Å². The standard InChI is InChI=1S/C21H16FN5O2/c22-16-6-3-5-15(11-16)13-29-18-8-4-7-17(12-18)24-21(28)19-9-1-2-10-20(19)27-14-23-25-26-27/h1-12,14H,13H2,(H,24,28). The molecule has 0 bridgehead atoms. The van der Waals surface area contributed by atoms with E-state index in [0.717, 1.165) is 5.56 Å². The molecule has 3 aromatic carbocycles. The van der Waals surface area contributed by atoms with Crippen LogP contribution in [0, 0.1) is 5.82 Å². The number of anilines is 1. The molecule has 0 radical (unpaired) electrons. The van der Waals surface area contributed by atoms with Gasteiger partial charge in [-0.3, -0.25) is 4.79 Å². The van der Waals surface area contributed by atoms with Gasteiger partial charge in [-0.25, -0.2) is 4.39 Å². The minimum Gasteiger partial charge on any atom is -0.489 e. The number of carbonyl (C=O) groups excluding carboxylic acids is 1. The number of nitrogens with one attached hydrogen (secondary N) is 1. The van der Waals surface area contributed by atoms with E-state index in [4.69, 9.17) is 4.74 Å². The van der Waals surface area contributed by atoms with E-state index < -0.39 is 0 Å². The van der Waals surface area contributed by atoms with Gasteiger partial charge in [-0.15, -0.1) is 5.10 Å². The van der Waals surface area contributed by atoms with Gasteiger partial charge >= 0.3 is 0 Å². The molecule has 0 aliphatic rings. The fourth-order valence-corrected chi connectivity index (χ4v) is 2.79. The Hall–Kier alpha value is -4.07. The molecular formula is C21H16FN5O2. The monoisotopic (exact) mass is 389 g/mol. The van der Waals surface area contributed by atoms with Crippen LogP contribution in [0.2, 0.25) is 0 Å². The first-order valence-corrected chi connectivity index (χ1v) is 8.80. The Balaban J connectivity index is 1.48. The highest BCUT2D eigenvalue weighted by molar-refractivity contribution is 6.06. The second-order valence-corrected chi connectivity index (χ2v) is 6.17. The molecule has 0 unspecified atom stereocenters. The Kier molecular flexibility index (Phi) is 5.24. The smallest absolute Gasteiger partial charge is 0.257 e. The van der Waals surface area contributed by atoms with Crippen LogP contribution in [0.4, 0.5) is 10.1 Å². The molecule has 0 saturated carbocycles. The molecule has 8 heteroatoms. The van der Waals surface area contributed by atoms with Crippen LogP contribution in [0.3, 0.4) is 0 Å². The molecule has 0 aliphatic carbocycles. The number of benzene rings is 3. The summed E-state index contributed by atoms with van der Waals surface area (Å²) in [6, 6.07) is 20.2. The summed E-state index contributed by atoms with van der Waals surface area (Å²) in [5.74, 6) is -0.0624. The van der Waals surface area contributed by atoms with Gasteiger partial charge in [0, 0.05) is 11.8 Å². The Morgan fingerprint density at radius 2 is 1.90 bits per heavy atom. The summed E-state index contributed by atoms with van der Waals surface area (Å²) in [7, 11) is 0. The quantitative estimate of drug-likeness (QED) is 0.545. The van der Waals surface area contributed by atoms with Crippen molar-refractivity contribution in [3.63, 3.8) is 0 Å². The molecule has 4 rings (SSSR count). The Bertz CT molecular complexity index is 1130. The summed E-state index contributed by atoms with van der Waals surface area (Å²) >= 11 is 0. The third-order valence-electron chi connectivity index (χ3n) is 4.13. The molecule has 7 nitrogen and oxygen atoms in total. The molecule has 1 heterocycles. The molecule has 144 valence electrons. The molecule has 0 aliphatic heterocycles. The maximum atomic E-state index is 13.3. The normalized spacial score (nSPS) is 10.5. The van der Waals surface area contributed by atoms with E-state index in [1.165, 1.54) is 23.1 Å². The number of nitrogens with zero attached hydrogens (tertiary/aromatic N) is 4. The number of rotatable bonds is 6.